The fraction of sp³-hybridized carbons (Fsp3) is 0.857. The number of likely N-dealkylation sites (tertiary alicyclic amines) is 1. The number of nitrogens with zero attached hydrogens (tertiary/aromatic N) is 1. The summed E-state index contributed by atoms with van der Waals surface area (Å²) in [6, 6.07) is 0.118. The zero-order valence-electron chi connectivity index (χ0n) is 12.8. The Morgan fingerprint density at radius 1 is 1.37 bits per heavy atom. The first kappa shape index (κ1) is 16.0. The molecule has 0 aromatic heterocycles. The van der Waals surface area contributed by atoms with Crippen LogP contribution in [-0.4, -0.2) is 45.5 Å². The Labute approximate surface area is 115 Å². The summed E-state index contributed by atoms with van der Waals surface area (Å²) < 4.78 is 0. The fourth-order valence-electron chi connectivity index (χ4n) is 1.97. The van der Waals surface area contributed by atoms with Gasteiger partial charge in [-0.2, -0.15) is 0 Å². The summed E-state index contributed by atoms with van der Waals surface area (Å²) in [5, 5.41) is 12.9. The van der Waals surface area contributed by atoms with Gasteiger partial charge in [0.25, 0.3) is 0 Å². The van der Waals surface area contributed by atoms with E-state index >= 15 is 0 Å². The number of nitrogens with one attached hydrogen (secondary N) is 1. The number of carbonyl (C=O) groups excluding carboxylic acids is 2. The zero-order chi connectivity index (χ0) is 15.0. The Kier molecular flexibility index (Phi) is 4.30. The molecule has 0 aromatic carbocycles. The summed E-state index contributed by atoms with van der Waals surface area (Å²) >= 11 is 0. The Morgan fingerprint density at radius 2 is 1.89 bits per heavy atom. The van der Waals surface area contributed by atoms with Crippen molar-refractivity contribution in [2.24, 2.45) is 5.92 Å². The molecule has 1 atom stereocenters. The van der Waals surface area contributed by atoms with E-state index in [-0.39, 0.29) is 30.2 Å². The molecule has 1 aliphatic rings. The molecule has 110 valence electrons. The molecule has 1 rings (SSSR count). The molecular formula is C14H26N2O3. The van der Waals surface area contributed by atoms with Crippen LogP contribution in [0.5, 0.6) is 0 Å². The van der Waals surface area contributed by atoms with E-state index in [9.17, 15) is 14.7 Å². The van der Waals surface area contributed by atoms with Crippen molar-refractivity contribution in [3.8, 4) is 0 Å². The molecule has 0 aromatic rings. The smallest absolute Gasteiger partial charge is 0.225 e. The third-order valence-corrected chi connectivity index (χ3v) is 4.12. The van der Waals surface area contributed by atoms with Crippen molar-refractivity contribution in [3.63, 3.8) is 0 Å². The lowest BCUT2D eigenvalue weighted by Gasteiger charge is -2.38. The number of aliphatic hydroxyl groups is 1. The van der Waals surface area contributed by atoms with E-state index in [1.807, 2.05) is 13.8 Å². The summed E-state index contributed by atoms with van der Waals surface area (Å²) in [6.45, 7) is 11.2. The van der Waals surface area contributed by atoms with Gasteiger partial charge in [0.1, 0.15) is 0 Å². The van der Waals surface area contributed by atoms with E-state index in [2.05, 4.69) is 5.32 Å². The molecule has 1 heterocycles. The van der Waals surface area contributed by atoms with E-state index in [1.54, 1.807) is 32.6 Å². The average molecular weight is 270 g/mol. The minimum absolute atomic E-state index is 0.0243. The van der Waals surface area contributed by atoms with Crippen molar-refractivity contribution in [1.82, 2.24) is 10.2 Å². The predicted molar refractivity (Wildman–Crippen MR) is 73.5 cm³/mol. The Balaban J connectivity index is 2.69. The lowest BCUT2D eigenvalue weighted by molar-refractivity contribution is -0.131. The zero-order valence-corrected chi connectivity index (χ0v) is 12.8. The topological polar surface area (TPSA) is 69.6 Å². The number of hydrogen-bond acceptors (Lipinski definition) is 3. The molecule has 1 fully saturated rings. The SMILES string of the molecule is CC(C)N1CC(C(=O)NC(C)(C)C(C)(C)O)CC1=O. The molecule has 0 radical (unpaired) electrons. The lowest BCUT2D eigenvalue weighted by Crippen LogP contribution is -2.59. The van der Waals surface area contributed by atoms with E-state index in [0.29, 0.717) is 6.54 Å². The molecule has 0 bridgehead atoms. The molecule has 1 unspecified atom stereocenters. The van der Waals surface area contributed by atoms with Gasteiger partial charge in [-0.05, 0) is 41.5 Å². The molecule has 2 N–H and O–H groups in total. The van der Waals surface area contributed by atoms with Gasteiger partial charge < -0.3 is 15.3 Å². The molecule has 5 nitrogen and oxygen atoms in total. The Bertz CT molecular complexity index is 369. The van der Waals surface area contributed by atoms with Gasteiger partial charge in [-0.25, -0.2) is 0 Å². The molecular weight excluding hydrogens is 244 g/mol. The summed E-state index contributed by atoms with van der Waals surface area (Å²) in [5.41, 5.74) is -1.76. The monoisotopic (exact) mass is 270 g/mol. The molecule has 1 saturated heterocycles. The quantitative estimate of drug-likeness (QED) is 0.797. The highest BCUT2D eigenvalue weighted by atomic mass is 16.3. The molecule has 5 heteroatoms. The van der Waals surface area contributed by atoms with Gasteiger partial charge in [0.05, 0.1) is 17.1 Å². The summed E-state index contributed by atoms with van der Waals surface area (Å²) in [4.78, 5) is 25.7. The van der Waals surface area contributed by atoms with Gasteiger partial charge in [-0.3, -0.25) is 9.59 Å². The maximum Gasteiger partial charge on any atom is 0.225 e. The van der Waals surface area contributed by atoms with Crippen LogP contribution in [0.25, 0.3) is 0 Å². The first-order valence-corrected chi connectivity index (χ1v) is 6.79. The average Bonchev–Trinajstić information content (AvgIpc) is 2.57. The molecule has 0 aliphatic carbocycles. The van der Waals surface area contributed by atoms with Crippen molar-refractivity contribution >= 4 is 11.8 Å². The summed E-state index contributed by atoms with van der Waals surface area (Å²) in [5.74, 6) is -0.462. The van der Waals surface area contributed by atoms with Gasteiger partial charge in [0.15, 0.2) is 0 Å². The van der Waals surface area contributed by atoms with Crippen molar-refractivity contribution in [2.75, 3.05) is 6.54 Å². The number of carbonyl (C=O) groups is 2. The van der Waals surface area contributed by atoms with E-state index < -0.39 is 11.1 Å². The Hall–Kier alpha value is -1.10. The Morgan fingerprint density at radius 3 is 2.26 bits per heavy atom. The van der Waals surface area contributed by atoms with Crippen LogP contribution in [0.15, 0.2) is 0 Å². The standard InChI is InChI=1S/C14H26N2O3/c1-9(2)16-8-10(7-11(16)17)12(18)15-13(3,4)14(5,6)19/h9-10,19H,7-8H2,1-6H3,(H,15,18). The number of rotatable bonds is 4. The largest absolute Gasteiger partial charge is 0.388 e. The highest BCUT2D eigenvalue weighted by Gasteiger charge is 2.41. The normalized spacial score (nSPS) is 21.2. The molecule has 1 aliphatic heterocycles. The van der Waals surface area contributed by atoms with Gasteiger partial charge in [-0.15, -0.1) is 0 Å². The second-order valence-corrected chi connectivity index (χ2v) is 6.71. The highest BCUT2D eigenvalue weighted by molar-refractivity contribution is 5.89. The first-order valence-electron chi connectivity index (χ1n) is 6.79. The van der Waals surface area contributed by atoms with Crippen molar-refractivity contribution in [1.29, 1.82) is 0 Å². The van der Waals surface area contributed by atoms with Crippen LogP contribution in [0, 0.1) is 5.92 Å². The van der Waals surface area contributed by atoms with Crippen LogP contribution in [0.3, 0.4) is 0 Å². The minimum atomic E-state index is -1.02. The van der Waals surface area contributed by atoms with Crippen molar-refractivity contribution < 1.29 is 14.7 Å². The third-order valence-electron chi connectivity index (χ3n) is 4.12. The molecule has 19 heavy (non-hydrogen) atoms. The predicted octanol–water partition coefficient (Wildman–Crippen LogP) is 0.909. The van der Waals surface area contributed by atoms with Gasteiger partial charge in [-0.1, -0.05) is 0 Å². The highest BCUT2D eigenvalue weighted by Crippen LogP contribution is 2.24. The minimum Gasteiger partial charge on any atom is -0.388 e. The third kappa shape index (κ3) is 3.47. The van der Waals surface area contributed by atoms with Gasteiger partial charge >= 0.3 is 0 Å². The molecule has 0 spiro atoms. The molecule has 2 amide bonds. The van der Waals surface area contributed by atoms with Gasteiger partial charge in [0, 0.05) is 19.0 Å². The fourth-order valence-corrected chi connectivity index (χ4v) is 1.97. The van der Waals surface area contributed by atoms with Crippen LogP contribution in [0.4, 0.5) is 0 Å². The van der Waals surface area contributed by atoms with Crippen LogP contribution >= 0.6 is 0 Å². The second-order valence-electron chi connectivity index (χ2n) is 6.71. The number of hydrogen-bond donors (Lipinski definition) is 2. The van der Waals surface area contributed by atoms with Gasteiger partial charge in [0.2, 0.25) is 11.8 Å². The van der Waals surface area contributed by atoms with Crippen LogP contribution in [0.1, 0.15) is 48.0 Å². The van der Waals surface area contributed by atoms with E-state index in [4.69, 9.17) is 0 Å². The lowest BCUT2D eigenvalue weighted by atomic mass is 9.85. The first-order chi connectivity index (χ1) is 8.45. The van der Waals surface area contributed by atoms with E-state index in [1.165, 1.54) is 0 Å². The van der Waals surface area contributed by atoms with Crippen molar-refractivity contribution in [2.45, 2.75) is 65.1 Å². The van der Waals surface area contributed by atoms with Crippen LogP contribution in [0.2, 0.25) is 0 Å². The summed E-state index contributed by atoms with van der Waals surface area (Å²) in [7, 11) is 0. The maximum absolute atomic E-state index is 12.2. The van der Waals surface area contributed by atoms with Crippen LogP contribution < -0.4 is 5.32 Å². The summed E-state index contributed by atoms with van der Waals surface area (Å²) in [6.07, 6.45) is 0.256. The van der Waals surface area contributed by atoms with Crippen molar-refractivity contribution in [3.05, 3.63) is 0 Å². The maximum atomic E-state index is 12.2. The number of amides is 2. The second kappa shape index (κ2) is 5.12. The van der Waals surface area contributed by atoms with E-state index in [0.717, 1.165) is 0 Å². The van der Waals surface area contributed by atoms with Crippen LogP contribution in [-0.2, 0) is 9.59 Å². The molecule has 0 saturated carbocycles.